The monoisotopic (exact) mass is 500 g/mol. The zero-order valence-electron chi connectivity index (χ0n) is 22.3. The maximum absolute atomic E-state index is 6.25. The Bertz CT molecular complexity index is 1690. The van der Waals surface area contributed by atoms with Crippen LogP contribution in [-0.2, 0) is 0 Å². The number of pyridine rings is 2. The Balaban J connectivity index is 0.000000156. The van der Waals surface area contributed by atoms with Crippen LogP contribution in [0.5, 0.6) is 0 Å². The van der Waals surface area contributed by atoms with Gasteiger partial charge in [0, 0.05) is 33.6 Å². The zero-order valence-corrected chi connectivity index (χ0v) is 22.3. The molecule has 0 bridgehead atoms. The van der Waals surface area contributed by atoms with E-state index in [0.717, 1.165) is 41.7 Å². The lowest BCUT2D eigenvalue weighted by Crippen LogP contribution is -2.11. The molecular weight excluding hydrogens is 464 g/mol. The number of nitrogens with zero attached hydrogens (tertiary/aromatic N) is 2. The van der Waals surface area contributed by atoms with Crippen molar-refractivity contribution in [1.82, 2.24) is 9.97 Å². The number of unbranched alkanes of at least 4 members (excludes halogenated alkanes) is 1. The second-order valence-corrected chi connectivity index (χ2v) is 9.95. The van der Waals surface area contributed by atoms with Crippen LogP contribution in [-0.4, -0.2) is 9.97 Å². The largest absolute Gasteiger partial charge is 0.323 e. The first-order chi connectivity index (χ1) is 18.6. The predicted octanol–water partition coefficient (Wildman–Crippen LogP) is 8.38. The normalized spacial score (nSPS) is 12.9. The van der Waals surface area contributed by atoms with Gasteiger partial charge in [-0.2, -0.15) is 0 Å². The van der Waals surface area contributed by atoms with E-state index in [2.05, 4.69) is 105 Å². The second-order valence-electron chi connectivity index (χ2n) is 9.95. The van der Waals surface area contributed by atoms with Crippen LogP contribution in [0.15, 0.2) is 97.1 Å². The first-order valence-electron chi connectivity index (χ1n) is 13.7. The van der Waals surface area contributed by atoms with E-state index in [-0.39, 0.29) is 12.1 Å². The predicted molar refractivity (Wildman–Crippen MR) is 162 cm³/mol. The molecule has 0 aliphatic rings. The van der Waals surface area contributed by atoms with Crippen LogP contribution in [0.3, 0.4) is 0 Å². The molecule has 192 valence electrons. The highest BCUT2D eigenvalue weighted by Crippen LogP contribution is 2.27. The molecule has 0 radical (unpaired) electrons. The van der Waals surface area contributed by atoms with E-state index >= 15 is 0 Å². The third-order valence-corrected chi connectivity index (χ3v) is 7.28. The quantitative estimate of drug-likeness (QED) is 0.225. The highest BCUT2D eigenvalue weighted by Gasteiger charge is 2.10. The fourth-order valence-electron chi connectivity index (χ4n) is 4.94. The highest BCUT2D eigenvalue weighted by molar-refractivity contribution is 6.05. The van der Waals surface area contributed by atoms with E-state index in [1.54, 1.807) is 0 Å². The van der Waals surface area contributed by atoms with Gasteiger partial charge >= 0.3 is 0 Å². The topological polar surface area (TPSA) is 77.8 Å². The van der Waals surface area contributed by atoms with Crippen LogP contribution in [0.25, 0.3) is 43.4 Å². The van der Waals surface area contributed by atoms with Crippen molar-refractivity contribution in [1.29, 1.82) is 0 Å². The second kappa shape index (κ2) is 11.7. The minimum Gasteiger partial charge on any atom is -0.323 e. The molecular formula is C34H36N4. The molecule has 4 nitrogen and oxygen atoms in total. The van der Waals surface area contributed by atoms with Gasteiger partial charge in [0.25, 0.3) is 0 Å². The Labute approximate surface area is 224 Å². The van der Waals surface area contributed by atoms with Crippen molar-refractivity contribution >= 4 is 43.4 Å². The van der Waals surface area contributed by atoms with Crippen LogP contribution < -0.4 is 11.5 Å². The van der Waals surface area contributed by atoms with Gasteiger partial charge in [-0.1, -0.05) is 112 Å². The van der Waals surface area contributed by atoms with Gasteiger partial charge in [0.05, 0.1) is 22.4 Å². The minimum atomic E-state index is 0.0216. The van der Waals surface area contributed by atoms with Crippen molar-refractivity contribution in [2.75, 3.05) is 0 Å². The summed E-state index contributed by atoms with van der Waals surface area (Å²) in [5.41, 5.74) is 16.4. The zero-order chi connectivity index (χ0) is 26.5. The van der Waals surface area contributed by atoms with Crippen molar-refractivity contribution in [2.45, 2.75) is 51.6 Å². The van der Waals surface area contributed by atoms with E-state index in [0.29, 0.717) is 0 Å². The number of nitrogens with two attached hydrogens (primary N) is 2. The molecule has 2 aromatic heterocycles. The number of benzene rings is 4. The molecule has 0 spiro atoms. The number of hydrogen-bond acceptors (Lipinski definition) is 4. The van der Waals surface area contributed by atoms with Crippen molar-refractivity contribution in [3.63, 3.8) is 0 Å². The summed E-state index contributed by atoms with van der Waals surface area (Å²) in [7, 11) is 0. The van der Waals surface area contributed by atoms with E-state index in [9.17, 15) is 0 Å². The summed E-state index contributed by atoms with van der Waals surface area (Å²) < 4.78 is 0. The van der Waals surface area contributed by atoms with Crippen molar-refractivity contribution in [2.24, 2.45) is 11.5 Å². The first kappa shape index (κ1) is 25.8. The van der Waals surface area contributed by atoms with E-state index < -0.39 is 0 Å². The average Bonchev–Trinajstić information content (AvgIpc) is 2.99. The lowest BCUT2D eigenvalue weighted by molar-refractivity contribution is 0.592. The van der Waals surface area contributed by atoms with Crippen molar-refractivity contribution < 1.29 is 0 Å². The summed E-state index contributed by atoms with van der Waals surface area (Å²) in [6.07, 6.45) is 4.23. The number of fused-ring (bicyclic) bond motifs is 6. The summed E-state index contributed by atoms with van der Waals surface area (Å²) in [6.45, 7) is 4.27. The Kier molecular flexibility index (Phi) is 7.92. The van der Waals surface area contributed by atoms with Crippen LogP contribution in [0, 0.1) is 0 Å². The molecule has 0 aliphatic carbocycles. The van der Waals surface area contributed by atoms with E-state index in [1.807, 2.05) is 6.07 Å². The third-order valence-electron chi connectivity index (χ3n) is 7.28. The maximum atomic E-state index is 6.25. The molecule has 38 heavy (non-hydrogen) atoms. The van der Waals surface area contributed by atoms with Gasteiger partial charge in [-0.25, -0.2) is 0 Å². The van der Waals surface area contributed by atoms with Crippen molar-refractivity contribution in [3.8, 4) is 0 Å². The van der Waals surface area contributed by atoms with Crippen LogP contribution >= 0.6 is 0 Å². The molecule has 4 heteroatoms. The van der Waals surface area contributed by atoms with Crippen LogP contribution in [0.1, 0.15) is 63.0 Å². The number of aromatic nitrogens is 2. The maximum Gasteiger partial charge on any atom is 0.0784 e. The molecule has 2 atom stereocenters. The summed E-state index contributed by atoms with van der Waals surface area (Å²) in [5, 5.41) is 7.19. The fourth-order valence-corrected chi connectivity index (χ4v) is 4.94. The molecule has 0 saturated heterocycles. The summed E-state index contributed by atoms with van der Waals surface area (Å²) >= 11 is 0. The van der Waals surface area contributed by atoms with E-state index in [4.69, 9.17) is 21.4 Å². The van der Waals surface area contributed by atoms with Crippen molar-refractivity contribution in [3.05, 3.63) is 108 Å². The molecule has 0 aliphatic heterocycles. The average molecular weight is 501 g/mol. The molecule has 2 unspecified atom stereocenters. The van der Waals surface area contributed by atoms with Gasteiger partial charge in [0.15, 0.2) is 0 Å². The molecule has 6 rings (SSSR count). The minimum absolute atomic E-state index is 0.0216. The van der Waals surface area contributed by atoms with Crippen LogP contribution in [0.4, 0.5) is 0 Å². The molecule has 2 heterocycles. The number of hydrogen-bond donors (Lipinski definition) is 2. The Morgan fingerprint density at radius 2 is 1.00 bits per heavy atom. The standard InChI is InChI=1S/C18H20N2.C16H16N2/c1-2-3-8-16(19)17-12-11-14-10-9-13-6-4-5-7-15(13)18(14)20-17;1-2-14(17)15-10-9-12-8-7-11-5-3-4-6-13(11)16(12)18-15/h4-7,9-12,16H,2-3,8,19H2,1H3;3-10,14H,2,17H2,1H3. The smallest absolute Gasteiger partial charge is 0.0784 e. The third kappa shape index (κ3) is 5.38. The Hall–Kier alpha value is -3.86. The molecule has 0 saturated carbocycles. The lowest BCUT2D eigenvalue weighted by atomic mass is 10.0. The molecule has 0 amide bonds. The van der Waals surface area contributed by atoms with Gasteiger partial charge in [-0.15, -0.1) is 0 Å². The summed E-state index contributed by atoms with van der Waals surface area (Å²) in [6, 6.07) is 33.7. The Morgan fingerprint density at radius 3 is 1.50 bits per heavy atom. The van der Waals surface area contributed by atoms with E-state index in [1.165, 1.54) is 38.7 Å². The first-order valence-corrected chi connectivity index (χ1v) is 13.7. The highest BCUT2D eigenvalue weighted by atomic mass is 14.8. The van der Waals surface area contributed by atoms with Gasteiger partial charge in [0.2, 0.25) is 0 Å². The number of rotatable bonds is 6. The Morgan fingerprint density at radius 1 is 0.553 bits per heavy atom. The van der Waals surface area contributed by atoms with Gasteiger partial charge in [-0.05, 0) is 35.7 Å². The lowest BCUT2D eigenvalue weighted by Gasteiger charge is -2.12. The van der Waals surface area contributed by atoms with Crippen LogP contribution in [0.2, 0.25) is 0 Å². The summed E-state index contributed by atoms with van der Waals surface area (Å²) in [5.74, 6) is 0. The fraction of sp³-hybridized carbons (Fsp3) is 0.235. The van der Waals surface area contributed by atoms with Gasteiger partial charge < -0.3 is 11.5 Å². The molecule has 4 N–H and O–H groups in total. The molecule has 0 fully saturated rings. The van der Waals surface area contributed by atoms with Gasteiger partial charge in [-0.3, -0.25) is 9.97 Å². The molecule has 4 aromatic carbocycles. The SMILES string of the molecule is CCC(N)c1ccc2ccc3ccccc3c2n1.CCCCC(N)c1ccc2ccc3ccccc3c2n1. The molecule has 6 aromatic rings. The van der Waals surface area contributed by atoms with Gasteiger partial charge in [0.1, 0.15) is 0 Å². The summed E-state index contributed by atoms with van der Waals surface area (Å²) in [4.78, 5) is 9.58.